The molecule has 0 amide bonds. The Morgan fingerprint density at radius 3 is 2.41 bits per heavy atom. The Bertz CT molecular complexity index is 208. The molecule has 0 saturated carbocycles. The van der Waals surface area contributed by atoms with Crippen molar-refractivity contribution in [1.29, 1.82) is 0 Å². The molecule has 0 aromatic rings. The van der Waals surface area contributed by atoms with Crippen molar-refractivity contribution >= 4 is 0 Å². The summed E-state index contributed by atoms with van der Waals surface area (Å²) >= 11 is 0. The van der Waals surface area contributed by atoms with E-state index >= 15 is 0 Å². The molecule has 0 aromatic heterocycles. The number of hydrogen-bond donors (Lipinski definition) is 1. The molecule has 1 aliphatic heterocycles. The van der Waals surface area contributed by atoms with Gasteiger partial charge in [-0.1, -0.05) is 13.8 Å². The number of aliphatic hydroxyl groups is 1. The van der Waals surface area contributed by atoms with Crippen LogP contribution < -0.4 is 0 Å². The molecule has 2 atom stereocenters. The van der Waals surface area contributed by atoms with E-state index in [4.69, 9.17) is 4.74 Å². The van der Waals surface area contributed by atoms with E-state index < -0.39 is 0 Å². The van der Waals surface area contributed by atoms with E-state index in [0.29, 0.717) is 6.10 Å². The summed E-state index contributed by atoms with van der Waals surface area (Å²) < 4.78 is 5.62. The van der Waals surface area contributed by atoms with Gasteiger partial charge in [0.25, 0.3) is 0 Å². The lowest BCUT2D eigenvalue weighted by molar-refractivity contribution is -0.0260. The SMILES string of the molecule is CCC(CC)(C(O)CCC1CCCO1)N(C)C. The normalized spacial score (nSPS) is 23.3. The summed E-state index contributed by atoms with van der Waals surface area (Å²) in [5.41, 5.74) is -0.0708. The number of ether oxygens (including phenoxy) is 1. The highest BCUT2D eigenvalue weighted by atomic mass is 16.5. The van der Waals surface area contributed by atoms with Gasteiger partial charge in [0.15, 0.2) is 0 Å². The van der Waals surface area contributed by atoms with Gasteiger partial charge in [0.05, 0.1) is 12.2 Å². The zero-order valence-corrected chi connectivity index (χ0v) is 11.9. The second-order valence-corrected chi connectivity index (χ2v) is 5.43. The van der Waals surface area contributed by atoms with Gasteiger partial charge in [-0.15, -0.1) is 0 Å². The third-order valence-electron chi connectivity index (χ3n) is 4.52. The van der Waals surface area contributed by atoms with Gasteiger partial charge < -0.3 is 14.7 Å². The molecule has 3 nitrogen and oxygen atoms in total. The molecule has 3 heteroatoms. The Kier molecular flexibility index (Phi) is 5.90. The van der Waals surface area contributed by atoms with Crippen molar-refractivity contribution in [2.45, 2.75) is 70.1 Å². The Balaban J connectivity index is 2.49. The van der Waals surface area contributed by atoms with Gasteiger partial charge in [0, 0.05) is 12.1 Å². The van der Waals surface area contributed by atoms with Gasteiger partial charge in [-0.2, -0.15) is 0 Å². The van der Waals surface area contributed by atoms with E-state index in [0.717, 1.165) is 32.3 Å². The highest BCUT2D eigenvalue weighted by Crippen LogP contribution is 2.29. The maximum atomic E-state index is 10.5. The van der Waals surface area contributed by atoms with Gasteiger partial charge in [0.2, 0.25) is 0 Å². The van der Waals surface area contributed by atoms with Gasteiger partial charge in [-0.05, 0) is 52.6 Å². The minimum absolute atomic E-state index is 0.0708. The average Bonchev–Trinajstić information content (AvgIpc) is 2.81. The Hall–Kier alpha value is -0.120. The Morgan fingerprint density at radius 2 is 2.00 bits per heavy atom. The predicted octanol–water partition coefficient (Wildman–Crippen LogP) is 2.43. The van der Waals surface area contributed by atoms with Gasteiger partial charge in [-0.3, -0.25) is 0 Å². The fourth-order valence-corrected chi connectivity index (χ4v) is 3.14. The van der Waals surface area contributed by atoms with E-state index in [1.165, 1.54) is 12.8 Å². The molecule has 17 heavy (non-hydrogen) atoms. The van der Waals surface area contributed by atoms with Gasteiger partial charge >= 0.3 is 0 Å². The summed E-state index contributed by atoms with van der Waals surface area (Å²) in [6.07, 6.45) is 6.31. The average molecular weight is 243 g/mol. The van der Waals surface area contributed by atoms with Gasteiger partial charge in [-0.25, -0.2) is 0 Å². The van der Waals surface area contributed by atoms with Crippen LogP contribution in [0.2, 0.25) is 0 Å². The highest BCUT2D eigenvalue weighted by Gasteiger charge is 2.36. The van der Waals surface area contributed by atoms with Crippen molar-refractivity contribution < 1.29 is 9.84 Å². The van der Waals surface area contributed by atoms with Crippen LogP contribution in [0.25, 0.3) is 0 Å². The molecule has 1 rings (SSSR count). The monoisotopic (exact) mass is 243 g/mol. The molecular formula is C14H29NO2. The second-order valence-electron chi connectivity index (χ2n) is 5.43. The van der Waals surface area contributed by atoms with Crippen LogP contribution in [0, 0.1) is 0 Å². The maximum absolute atomic E-state index is 10.5. The first kappa shape index (κ1) is 14.9. The largest absolute Gasteiger partial charge is 0.391 e. The topological polar surface area (TPSA) is 32.7 Å². The minimum atomic E-state index is -0.253. The third kappa shape index (κ3) is 3.43. The molecular weight excluding hydrogens is 214 g/mol. The first-order valence-electron chi connectivity index (χ1n) is 7.04. The Morgan fingerprint density at radius 1 is 1.35 bits per heavy atom. The summed E-state index contributed by atoms with van der Waals surface area (Å²) in [7, 11) is 4.14. The maximum Gasteiger partial charge on any atom is 0.0724 e. The summed E-state index contributed by atoms with van der Waals surface area (Å²) in [5.74, 6) is 0. The number of rotatable bonds is 7. The molecule has 102 valence electrons. The van der Waals surface area contributed by atoms with Crippen LogP contribution in [0.1, 0.15) is 52.4 Å². The van der Waals surface area contributed by atoms with Crippen molar-refractivity contribution in [3.8, 4) is 0 Å². The van der Waals surface area contributed by atoms with Crippen LogP contribution in [0.5, 0.6) is 0 Å². The standard InChI is InChI=1S/C14H29NO2/c1-5-14(6-2,15(3)4)13(16)10-9-12-8-7-11-17-12/h12-13,16H,5-11H2,1-4H3. The zero-order chi connectivity index (χ0) is 12.9. The van der Waals surface area contributed by atoms with E-state index in [2.05, 4.69) is 32.8 Å². The van der Waals surface area contributed by atoms with Crippen LogP contribution in [0.3, 0.4) is 0 Å². The summed E-state index contributed by atoms with van der Waals surface area (Å²) in [4.78, 5) is 2.19. The fourth-order valence-electron chi connectivity index (χ4n) is 3.14. The van der Waals surface area contributed by atoms with Crippen molar-refractivity contribution in [3.05, 3.63) is 0 Å². The molecule has 0 radical (unpaired) electrons. The second kappa shape index (κ2) is 6.72. The highest BCUT2D eigenvalue weighted by molar-refractivity contribution is 4.92. The molecule has 1 heterocycles. The number of hydrogen-bond acceptors (Lipinski definition) is 3. The summed E-state index contributed by atoms with van der Waals surface area (Å²) in [5, 5.41) is 10.5. The molecule has 2 unspecified atom stereocenters. The molecule has 1 saturated heterocycles. The van der Waals surface area contributed by atoms with Gasteiger partial charge in [0.1, 0.15) is 0 Å². The quantitative estimate of drug-likeness (QED) is 0.745. The van der Waals surface area contributed by atoms with Crippen molar-refractivity contribution in [3.63, 3.8) is 0 Å². The molecule has 0 bridgehead atoms. The van der Waals surface area contributed by atoms with Crippen LogP contribution >= 0.6 is 0 Å². The lowest BCUT2D eigenvalue weighted by Crippen LogP contribution is -2.53. The minimum Gasteiger partial charge on any atom is -0.391 e. The van der Waals surface area contributed by atoms with Crippen molar-refractivity contribution in [2.24, 2.45) is 0 Å². The first-order chi connectivity index (χ1) is 8.06. The summed E-state index contributed by atoms with van der Waals surface area (Å²) in [6, 6.07) is 0. The van der Waals surface area contributed by atoms with Crippen molar-refractivity contribution in [1.82, 2.24) is 4.90 Å². The fraction of sp³-hybridized carbons (Fsp3) is 1.00. The molecule has 1 fully saturated rings. The smallest absolute Gasteiger partial charge is 0.0724 e. The van der Waals surface area contributed by atoms with Crippen LogP contribution in [-0.2, 0) is 4.74 Å². The number of likely N-dealkylation sites (N-methyl/N-ethyl adjacent to an activating group) is 1. The van der Waals surface area contributed by atoms with Crippen LogP contribution in [0.4, 0.5) is 0 Å². The third-order valence-corrected chi connectivity index (χ3v) is 4.52. The lowest BCUT2D eigenvalue weighted by atomic mass is 9.82. The lowest BCUT2D eigenvalue weighted by Gasteiger charge is -2.43. The number of nitrogens with zero attached hydrogens (tertiary/aromatic N) is 1. The van der Waals surface area contributed by atoms with E-state index in [1.807, 2.05) is 0 Å². The summed E-state index contributed by atoms with van der Waals surface area (Å²) in [6.45, 7) is 5.23. The Labute approximate surface area is 106 Å². The molecule has 1 N–H and O–H groups in total. The zero-order valence-electron chi connectivity index (χ0n) is 11.9. The van der Waals surface area contributed by atoms with Crippen molar-refractivity contribution in [2.75, 3.05) is 20.7 Å². The first-order valence-corrected chi connectivity index (χ1v) is 7.04. The molecule has 0 spiro atoms. The molecule has 1 aliphatic rings. The van der Waals surface area contributed by atoms with E-state index in [9.17, 15) is 5.11 Å². The molecule has 0 aromatic carbocycles. The molecule has 0 aliphatic carbocycles. The predicted molar refractivity (Wildman–Crippen MR) is 71.2 cm³/mol. The van der Waals surface area contributed by atoms with E-state index in [-0.39, 0.29) is 11.6 Å². The number of aliphatic hydroxyl groups excluding tert-OH is 1. The van der Waals surface area contributed by atoms with Crippen LogP contribution in [-0.4, -0.2) is 48.5 Å². The van der Waals surface area contributed by atoms with Crippen LogP contribution in [0.15, 0.2) is 0 Å². The van der Waals surface area contributed by atoms with E-state index in [1.54, 1.807) is 0 Å².